The van der Waals surface area contributed by atoms with Gasteiger partial charge in [-0.15, -0.1) is 0 Å². The average Bonchev–Trinajstić information content (AvgIpc) is 2.64. The number of amides is 1. The van der Waals surface area contributed by atoms with Crippen LogP contribution in [0, 0.1) is 11.6 Å². The molecule has 0 aliphatic carbocycles. The van der Waals surface area contributed by atoms with Gasteiger partial charge in [-0.3, -0.25) is 4.79 Å². The van der Waals surface area contributed by atoms with Crippen molar-refractivity contribution in [2.24, 2.45) is 0 Å². The van der Waals surface area contributed by atoms with Gasteiger partial charge >= 0.3 is 6.18 Å². The Morgan fingerprint density at radius 3 is 2.50 bits per heavy atom. The third-order valence-electron chi connectivity index (χ3n) is 3.51. The quantitative estimate of drug-likeness (QED) is 0.626. The molecular weight excluding hydrogens is 383 g/mol. The molecule has 0 radical (unpaired) electrons. The Bertz CT molecular complexity index is 1020. The lowest BCUT2D eigenvalue weighted by molar-refractivity contribution is -0.137. The van der Waals surface area contributed by atoms with Crippen LogP contribution in [0.3, 0.4) is 0 Å². The minimum Gasteiger partial charge on any atom is -0.324 e. The zero-order valence-corrected chi connectivity index (χ0v) is 13.9. The molecule has 3 aromatic rings. The van der Waals surface area contributed by atoms with Crippen LogP contribution in [-0.4, -0.2) is 15.9 Å². The fourth-order valence-electron chi connectivity index (χ4n) is 2.22. The molecule has 0 aliphatic heterocycles. The second-order valence-electron chi connectivity index (χ2n) is 5.55. The summed E-state index contributed by atoms with van der Waals surface area (Å²) in [7, 11) is 0. The Kier molecular flexibility index (Phi) is 5.21. The van der Waals surface area contributed by atoms with Crippen LogP contribution in [0.2, 0.25) is 0 Å². The SMILES string of the molecule is O=C(Nc1ccc(F)cc1F)c1ccnc(Nc2cccc(C(F)(F)F)c2)n1. The molecule has 1 aromatic heterocycles. The van der Waals surface area contributed by atoms with E-state index in [0.717, 1.165) is 24.3 Å². The van der Waals surface area contributed by atoms with Gasteiger partial charge in [0.15, 0.2) is 0 Å². The summed E-state index contributed by atoms with van der Waals surface area (Å²) in [5.74, 6) is -2.71. The summed E-state index contributed by atoms with van der Waals surface area (Å²) in [4.78, 5) is 19.9. The molecule has 0 fully saturated rings. The lowest BCUT2D eigenvalue weighted by Crippen LogP contribution is -2.15. The zero-order valence-electron chi connectivity index (χ0n) is 13.9. The fourth-order valence-corrected chi connectivity index (χ4v) is 2.22. The van der Waals surface area contributed by atoms with Crippen LogP contribution in [0.1, 0.15) is 16.1 Å². The third kappa shape index (κ3) is 4.58. The summed E-state index contributed by atoms with van der Waals surface area (Å²) in [6, 6.07) is 8.21. The molecule has 0 bridgehead atoms. The summed E-state index contributed by atoms with van der Waals surface area (Å²) in [5.41, 5.74) is -1.22. The Morgan fingerprint density at radius 2 is 1.79 bits per heavy atom. The first kappa shape index (κ1) is 19.2. The van der Waals surface area contributed by atoms with Gasteiger partial charge in [-0.1, -0.05) is 6.07 Å². The van der Waals surface area contributed by atoms with Crippen molar-refractivity contribution in [2.45, 2.75) is 6.18 Å². The zero-order chi connectivity index (χ0) is 20.3. The molecule has 0 aliphatic rings. The first-order chi connectivity index (χ1) is 13.2. The number of alkyl halides is 3. The number of aromatic nitrogens is 2. The summed E-state index contributed by atoms with van der Waals surface area (Å²) in [6.45, 7) is 0. The topological polar surface area (TPSA) is 66.9 Å². The Morgan fingerprint density at radius 1 is 1.00 bits per heavy atom. The molecule has 0 saturated carbocycles. The largest absolute Gasteiger partial charge is 0.416 e. The summed E-state index contributed by atoms with van der Waals surface area (Å²) in [5, 5.41) is 4.79. The van der Waals surface area contributed by atoms with Crippen LogP contribution < -0.4 is 10.6 Å². The lowest BCUT2D eigenvalue weighted by Gasteiger charge is -2.10. The van der Waals surface area contributed by atoms with Crippen LogP contribution in [0.15, 0.2) is 54.7 Å². The normalized spacial score (nSPS) is 11.2. The van der Waals surface area contributed by atoms with Crippen molar-refractivity contribution in [3.63, 3.8) is 0 Å². The Hall–Kier alpha value is -3.56. The summed E-state index contributed by atoms with van der Waals surface area (Å²) in [6.07, 6.45) is -3.31. The van der Waals surface area contributed by atoms with E-state index in [1.165, 1.54) is 24.4 Å². The minimum atomic E-state index is -4.51. The maximum Gasteiger partial charge on any atom is 0.416 e. The first-order valence-corrected chi connectivity index (χ1v) is 7.76. The number of nitrogens with zero attached hydrogens (tertiary/aromatic N) is 2. The van der Waals surface area contributed by atoms with Crippen LogP contribution in [0.25, 0.3) is 0 Å². The van der Waals surface area contributed by atoms with Gasteiger partial charge in [0, 0.05) is 18.0 Å². The number of hydrogen-bond donors (Lipinski definition) is 2. The van der Waals surface area contributed by atoms with Gasteiger partial charge in [-0.25, -0.2) is 18.7 Å². The highest BCUT2D eigenvalue weighted by Crippen LogP contribution is 2.31. The van der Waals surface area contributed by atoms with E-state index in [-0.39, 0.29) is 23.0 Å². The van der Waals surface area contributed by atoms with Crippen molar-refractivity contribution in [3.8, 4) is 0 Å². The Balaban J connectivity index is 1.78. The third-order valence-corrected chi connectivity index (χ3v) is 3.51. The summed E-state index contributed by atoms with van der Waals surface area (Å²) >= 11 is 0. The number of carbonyl (C=O) groups is 1. The predicted octanol–water partition coefficient (Wildman–Crippen LogP) is 4.77. The average molecular weight is 394 g/mol. The van der Waals surface area contributed by atoms with E-state index in [4.69, 9.17) is 0 Å². The number of rotatable bonds is 4. The van der Waals surface area contributed by atoms with Gasteiger partial charge in [0.05, 0.1) is 11.3 Å². The molecule has 1 heterocycles. The highest BCUT2D eigenvalue weighted by molar-refractivity contribution is 6.03. The molecule has 28 heavy (non-hydrogen) atoms. The van der Waals surface area contributed by atoms with E-state index in [2.05, 4.69) is 20.6 Å². The molecule has 0 atom stereocenters. The number of benzene rings is 2. The maximum atomic E-state index is 13.6. The van der Waals surface area contributed by atoms with Crippen molar-refractivity contribution < 1.29 is 26.7 Å². The lowest BCUT2D eigenvalue weighted by atomic mass is 10.2. The van der Waals surface area contributed by atoms with Gasteiger partial charge < -0.3 is 10.6 Å². The van der Waals surface area contributed by atoms with Crippen molar-refractivity contribution in [2.75, 3.05) is 10.6 Å². The van der Waals surface area contributed by atoms with E-state index in [1.807, 2.05) is 0 Å². The van der Waals surface area contributed by atoms with Crippen molar-refractivity contribution in [1.29, 1.82) is 0 Å². The maximum absolute atomic E-state index is 13.6. The van der Waals surface area contributed by atoms with E-state index in [1.54, 1.807) is 0 Å². The molecule has 2 N–H and O–H groups in total. The fraction of sp³-hybridized carbons (Fsp3) is 0.0556. The highest BCUT2D eigenvalue weighted by Gasteiger charge is 2.30. The van der Waals surface area contributed by atoms with Crippen LogP contribution in [0.5, 0.6) is 0 Å². The van der Waals surface area contributed by atoms with E-state index in [0.29, 0.717) is 6.07 Å². The Labute approximate surface area is 155 Å². The molecule has 2 aromatic carbocycles. The van der Waals surface area contributed by atoms with Crippen LogP contribution >= 0.6 is 0 Å². The molecule has 0 spiro atoms. The second kappa shape index (κ2) is 7.59. The van der Waals surface area contributed by atoms with E-state index >= 15 is 0 Å². The van der Waals surface area contributed by atoms with Crippen molar-refractivity contribution in [1.82, 2.24) is 9.97 Å². The van der Waals surface area contributed by atoms with Gasteiger partial charge in [-0.2, -0.15) is 13.2 Å². The number of anilines is 3. The number of halogens is 5. The highest BCUT2D eigenvalue weighted by atomic mass is 19.4. The van der Waals surface area contributed by atoms with Crippen molar-refractivity contribution in [3.05, 3.63) is 77.6 Å². The number of nitrogens with one attached hydrogen (secondary N) is 2. The number of carbonyl (C=O) groups excluding carboxylic acids is 1. The number of hydrogen-bond acceptors (Lipinski definition) is 4. The van der Waals surface area contributed by atoms with Gasteiger partial charge in [0.25, 0.3) is 5.91 Å². The second-order valence-corrected chi connectivity index (χ2v) is 5.55. The molecule has 10 heteroatoms. The molecule has 144 valence electrons. The van der Waals surface area contributed by atoms with Gasteiger partial charge in [0.1, 0.15) is 17.3 Å². The molecule has 5 nitrogen and oxygen atoms in total. The smallest absolute Gasteiger partial charge is 0.324 e. The molecule has 0 saturated heterocycles. The van der Waals surface area contributed by atoms with Crippen LogP contribution in [-0.2, 0) is 6.18 Å². The molecule has 1 amide bonds. The summed E-state index contributed by atoms with van der Waals surface area (Å²) < 4.78 is 64.9. The molecule has 3 rings (SSSR count). The van der Waals surface area contributed by atoms with Crippen LogP contribution in [0.4, 0.5) is 39.3 Å². The molecular formula is C18H11F5N4O. The first-order valence-electron chi connectivity index (χ1n) is 7.76. The van der Waals surface area contributed by atoms with E-state index < -0.39 is 29.3 Å². The van der Waals surface area contributed by atoms with Gasteiger partial charge in [-0.05, 0) is 36.4 Å². The minimum absolute atomic E-state index is 0.0666. The van der Waals surface area contributed by atoms with Gasteiger partial charge in [0.2, 0.25) is 5.95 Å². The van der Waals surface area contributed by atoms with E-state index in [9.17, 15) is 26.7 Å². The predicted molar refractivity (Wildman–Crippen MR) is 91.1 cm³/mol. The standard InChI is InChI=1S/C18H11F5N4O/c19-11-4-5-14(13(20)9-11)26-16(28)15-6-7-24-17(27-15)25-12-3-1-2-10(8-12)18(21,22)23/h1-9H,(H,26,28)(H,24,25,27). The van der Waals surface area contributed by atoms with Crippen molar-refractivity contribution >= 4 is 23.2 Å². The molecule has 0 unspecified atom stereocenters. The monoisotopic (exact) mass is 394 g/mol.